The maximum atomic E-state index is 13.0. The van der Waals surface area contributed by atoms with Crippen LogP contribution < -0.4 is 10.2 Å². The Hall–Kier alpha value is -2.64. The Morgan fingerprint density at radius 1 is 1.12 bits per heavy atom. The van der Waals surface area contributed by atoms with E-state index in [0.717, 1.165) is 38.4 Å². The number of carbonyl (C=O) groups is 1. The van der Waals surface area contributed by atoms with Gasteiger partial charge in [-0.1, -0.05) is 18.2 Å². The number of nitrogens with one attached hydrogen (secondary N) is 1. The molecule has 2 heterocycles. The zero-order valence-electron chi connectivity index (χ0n) is 14.1. The van der Waals surface area contributed by atoms with Crippen LogP contribution in [-0.2, 0) is 12.7 Å². The van der Waals surface area contributed by atoms with Crippen molar-refractivity contribution in [3.63, 3.8) is 0 Å². The summed E-state index contributed by atoms with van der Waals surface area (Å²) >= 11 is 0. The van der Waals surface area contributed by atoms with E-state index in [0.29, 0.717) is 5.95 Å². The Labute approximate surface area is 149 Å². The molecule has 3 rings (SSSR count). The van der Waals surface area contributed by atoms with Crippen LogP contribution in [0.1, 0.15) is 40.9 Å². The zero-order chi connectivity index (χ0) is 18.6. The van der Waals surface area contributed by atoms with E-state index < -0.39 is 17.6 Å². The number of piperidine rings is 1. The summed E-state index contributed by atoms with van der Waals surface area (Å²) in [6.45, 7) is 1.45. The van der Waals surface area contributed by atoms with E-state index in [-0.39, 0.29) is 17.8 Å². The molecule has 1 aromatic heterocycles. The molecule has 5 nitrogen and oxygen atoms in total. The van der Waals surface area contributed by atoms with E-state index in [1.165, 1.54) is 30.5 Å². The van der Waals surface area contributed by atoms with Gasteiger partial charge in [0.25, 0.3) is 5.91 Å². The third-order valence-corrected chi connectivity index (χ3v) is 4.28. The molecule has 1 saturated heterocycles. The van der Waals surface area contributed by atoms with Gasteiger partial charge in [-0.2, -0.15) is 13.2 Å². The van der Waals surface area contributed by atoms with Crippen LogP contribution in [0.25, 0.3) is 0 Å². The first-order valence-corrected chi connectivity index (χ1v) is 8.46. The number of aromatic nitrogens is 2. The Morgan fingerprint density at radius 2 is 1.85 bits per heavy atom. The number of rotatable bonds is 4. The molecule has 1 aliphatic heterocycles. The third-order valence-electron chi connectivity index (χ3n) is 4.28. The van der Waals surface area contributed by atoms with E-state index in [2.05, 4.69) is 15.3 Å². The first-order valence-electron chi connectivity index (χ1n) is 8.46. The van der Waals surface area contributed by atoms with Gasteiger partial charge in [0.2, 0.25) is 5.95 Å². The van der Waals surface area contributed by atoms with Gasteiger partial charge in [-0.05, 0) is 37.0 Å². The van der Waals surface area contributed by atoms with E-state index in [1.54, 1.807) is 0 Å². The highest BCUT2D eigenvalue weighted by Gasteiger charge is 2.32. The van der Waals surface area contributed by atoms with Crippen LogP contribution in [0.5, 0.6) is 0 Å². The first-order chi connectivity index (χ1) is 12.4. The highest BCUT2D eigenvalue weighted by atomic mass is 19.4. The second-order valence-corrected chi connectivity index (χ2v) is 6.13. The lowest BCUT2D eigenvalue weighted by Crippen LogP contribution is -2.32. The van der Waals surface area contributed by atoms with E-state index in [4.69, 9.17) is 0 Å². The quantitative estimate of drug-likeness (QED) is 0.903. The summed E-state index contributed by atoms with van der Waals surface area (Å²) in [5, 5.41) is 2.51. The predicted octanol–water partition coefficient (Wildman–Crippen LogP) is 3.42. The van der Waals surface area contributed by atoms with Crippen molar-refractivity contribution >= 4 is 11.9 Å². The smallest absolute Gasteiger partial charge is 0.347 e. The predicted molar refractivity (Wildman–Crippen MR) is 90.7 cm³/mol. The molecule has 1 aromatic carbocycles. The topological polar surface area (TPSA) is 58.1 Å². The molecule has 0 unspecified atom stereocenters. The molecule has 0 atom stereocenters. The van der Waals surface area contributed by atoms with Gasteiger partial charge in [-0.25, -0.2) is 9.97 Å². The third kappa shape index (κ3) is 4.30. The molecule has 138 valence electrons. The summed E-state index contributed by atoms with van der Waals surface area (Å²) in [5.74, 6) is -0.0457. The minimum Gasteiger partial charge on any atom is -0.347 e. The standard InChI is InChI=1S/C18H19F3N4O/c19-18(20,21)14-7-3-2-6-13(14)12-23-16(26)15-8-9-22-17(24-15)25-10-4-1-5-11-25/h2-3,6-9H,1,4-5,10-12H2,(H,23,26). The summed E-state index contributed by atoms with van der Waals surface area (Å²) in [4.78, 5) is 22.8. The molecule has 0 bridgehead atoms. The van der Waals surface area contributed by atoms with Crippen LogP contribution in [0.4, 0.5) is 19.1 Å². The first kappa shape index (κ1) is 18.2. The molecule has 8 heteroatoms. The monoisotopic (exact) mass is 364 g/mol. The normalized spacial score (nSPS) is 15.0. The van der Waals surface area contributed by atoms with Gasteiger partial charge in [0, 0.05) is 25.8 Å². The SMILES string of the molecule is O=C(NCc1ccccc1C(F)(F)F)c1ccnc(N2CCCCC2)n1. The van der Waals surface area contributed by atoms with Crippen molar-refractivity contribution in [3.05, 3.63) is 53.3 Å². The Morgan fingerprint density at radius 3 is 2.58 bits per heavy atom. The largest absolute Gasteiger partial charge is 0.416 e. The van der Waals surface area contributed by atoms with Gasteiger partial charge < -0.3 is 10.2 Å². The van der Waals surface area contributed by atoms with Gasteiger partial charge in [0.05, 0.1) is 5.56 Å². The molecule has 0 aliphatic carbocycles. The molecular formula is C18H19F3N4O. The van der Waals surface area contributed by atoms with E-state index in [1.807, 2.05) is 4.90 Å². The molecule has 1 fully saturated rings. The number of anilines is 1. The van der Waals surface area contributed by atoms with Crippen molar-refractivity contribution in [1.29, 1.82) is 0 Å². The highest BCUT2D eigenvalue weighted by molar-refractivity contribution is 5.92. The van der Waals surface area contributed by atoms with Crippen molar-refractivity contribution in [3.8, 4) is 0 Å². The maximum absolute atomic E-state index is 13.0. The fourth-order valence-corrected chi connectivity index (χ4v) is 2.94. The molecular weight excluding hydrogens is 345 g/mol. The average Bonchev–Trinajstić information content (AvgIpc) is 2.66. The minimum atomic E-state index is -4.46. The Kier molecular flexibility index (Phi) is 5.39. The molecule has 0 saturated carbocycles. The maximum Gasteiger partial charge on any atom is 0.416 e. The fraction of sp³-hybridized carbons (Fsp3) is 0.389. The summed E-state index contributed by atoms with van der Waals surface area (Å²) in [7, 11) is 0. The second kappa shape index (κ2) is 7.72. The second-order valence-electron chi connectivity index (χ2n) is 6.13. The molecule has 2 aromatic rings. The summed E-state index contributed by atoms with van der Waals surface area (Å²) in [6, 6.07) is 6.64. The lowest BCUT2D eigenvalue weighted by Gasteiger charge is -2.26. The van der Waals surface area contributed by atoms with Gasteiger partial charge in [-0.15, -0.1) is 0 Å². The van der Waals surface area contributed by atoms with Crippen molar-refractivity contribution in [1.82, 2.24) is 15.3 Å². The van der Waals surface area contributed by atoms with Gasteiger partial charge in [-0.3, -0.25) is 4.79 Å². The van der Waals surface area contributed by atoms with Crippen LogP contribution in [0.2, 0.25) is 0 Å². The number of nitrogens with zero attached hydrogens (tertiary/aromatic N) is 3. The molecule has 26 heavy (non-hydrogen) atoms. The molecule has 1 aliphatic rings. The zero-order valence-corrected chi connectivity index (χ0v) is 14.1. The molecule has 1 N–H and O–H groups in total. The van der Waals surface area contributed by atoms with Crippen molar-refractivity contribution in [2.24, 2.45) is 0 Å². The van der Waals surface area contributed by atoms with Gasteiger partial charge >= 0.3 is 6.18 Å². The summed E-state index contributed by atoms with van der Waals surface area (Å²) in [6.07, 6.45) is 0.296. The lowest BCUT2D eigenvalue weighted by molar-refractivity contribution is -0.138. The fourth-order valence-electron chi connectivity index (χ4n) is 2.94. The molecule has 0 spiro atoms. The minimum absolute atomic E-state index is 0.0126. The van der Waals surface area contributed by atoms with Crippen molar-refractivity contribution in [2.45, 2.75) is 32.0 Å². The van der Waals surface area contributed by atoms with Crippen LogP contribution in [0.15, 0.2) is 36.5 Å². The molecule has 1 amide bonds. The summed E-state index contributed by atoms with van der Waals surface area (Å²) in [5.41, 5.74) is -0.597. The van der Waals surface area contributed by atoms with E-state index in [9.17, 15) is 18.0 Å². The summed E-state index contributed by atoms with van der Waals surface area (Å²) < 4.78 is 39.0. The number of alkyl halides is 3. The number of carbonyl (C=O) groups excluding carboxylic acids is 1. The number of benzene rings is 1. The number of halogens is 3. The number of hydrogen-bond acceptors (Lipinski definition) is 4. The number of hydrogen-bond donors (Lipinski definition) is 1. The van der Waals surface area contributed by atoms with Crippen molar-refractivity contribution in [2.75, 3.05) is 18.0 Å². The highest BCUT2D eigenvalue weighted by Crippen LogP contribution is 2.31. The Balaban J connectivity index is 1.69. The van der Waals surface area contributed by atoms with Crippen LogP contribution in [0.3, 0.4) is 0 Å². The van der Waals surface area contributed by atoms with E-state index >= 15 is 0 Å². The van der Waals surface area contributed by atoms with Crippen LogP contribution >= 0.6 is 0 Å². The average molecular weight is 364 g/mol. The van der Waals surface area contributed by atoms with Gasteiger partial charge in [0.1, 0.15) is 5.69 Å². The van der Waals surface area contributed by atoms with Crippen LogP contribution in [-0.4, -0.2) is 29.0 Å². The van der Waals surface area contributed by atoms with Crippen molar-refractivity contribution < 1.29 is 18.0 Å². The van der Waals surface area contributed by atoms with Gasteiger partial charge in [0.15, 0.2) is 0 Å². The number of amides is 1. The lowest BCUT2D eigenvalue weighted by atomic mass is 10.1. The molecule has 0 radical (unpaired) electrons. The van der Waals surface area contributed by atoms with Crippen LogP contribution in [0, 0.1) is 0 Å². The Bertz CT molecular complexity index is 773.